The van der Waals surface area contributed by atoms with Crippen LogP contribution in [-0.4, -0.2) is 19.6 Å². The molecule has 0 unspecified atom stereocenters. The molecule has 104 valence electrons. The van der Waals surface area contributed by atoms with E-state index in [1.807, 2.05) is 42.5 Å². The number of nitrogens with one attached hydrogen (secondary N) is 1. The van der Waals surface area contributed by atoms with E-state index >= 15 is 0 Å². The highest BCUT2D eigenvalue weighted by Gasteiger charge is 2.06. The lowest BCUT2D eigenvalue weighted by atomic mass is 10.0. The zero-order chi connectivity index (χ0) is 14.2. The Bertz CT molecular complexity index is 555. The third kappa shape index (κ3) is 4.10. The fourth-order valence-corrected chi connectivity index (χ4v) is 1.89. The van der Waals surface area contributed by atoms with Crippen molar-refractivity contribution in [3.05, 3.63) is 65.7 Å². The van der Waals surface area contributed by atoms with Crippen LogP contribution in [0.2, 0.25) is 0 Å². The Labute approximate surface area is 118 Å². The maximum absolute atomic E-state index is 11.3. The molecule has 2 aromatic rings. The van der Waals surface area contributed by atoms with Gasteiger partial charge < -0.3 is 4.74 Å². The van der Waals surface area contributed by atoms with Crippen molar-refractivity contribution >= 4 is 5.91 Å². The Hall–Kier alpha value is -2.33. The maximum Gasteiger partial charge on any atom is 0.281 e. The van der Waals surface area contributed by atoms with Crippen LogP contribution < -0.4 is 10.2 Å². The number of ether oxygens (including phenoxy) is 1. The summed E-state index contributed by atoms with van der Waals surface area (Å²) in [7, 11) is 1.39. The van der Waals surface area contributed by atoms with Gasteiger partial charge in [-0.2, -0.15) is 0 Å². The van der Waals surface area contributed by atoms with E-state index in [2.05, 4.69) is 22.5 Å². The van der Waals surface area contributed by atoms with E-state index in [0.717, 1.165) is 12.0 Å². The average molecular weight is 271 g/mol. The topological polar surface area (TPSA) is 47.6 Å². The number of benzene rings is 2. The summed E-state index contributed by atoms with van der Waals surface area (Å²) in [5.74, 6) is 0.393. The van der Waals surface area contributed by atoms with Gasteiger partial charge >= 0.3 is 0 Å². The van der Waals surface area contributed by atoms with Gasteiger partial charge in [0.15, 0.2) is 6.61 Å². The van der Waals surface area contributed by atoms with Crippen molar-refractivity contribution in [1.29, 1.82) is 0 Å². The fraction of sp³-hybridized carbons (Fsp3) is 0.188. The van der Waals surface area contributed by atoms with Crippen LogP contribution in [0.5, 0.6) is 5.75 Å². The molecule has 0 bridgehead atoms. The van der Waals surface area contributed by atoms with Gasteiger partial charge in [-0.15, -0.1) is 0 Å². The number of carbonyl (C=O) groups is 1. The predicted octanol–water partition coefficient (Wildman–Crippen LogP) is 2.33. The van der Waals surface area contributed by atoms with Gasteiger partial charge in [0, 0.05) is 6.42 Å². The molecular formula is C16H17NO3. The molecule has 0 aromatic heterocycles. The van der Waals surface area contributed by atoms with E-state index in [-0.39, 0.29) is 12.5 Å². The van der Waals surface area contributed by atoms with Crippen molar-refractivity contribution in [2.24, 2.45) is 0 Å². The third-order valence-electron chi connectivity index (χ3n) is 2.78. The van der Waals surface area contributed by atoms with E-state index < -0.39 is 0 Å². The van der Waals surface area contributed by atoms with Crippen LogP contribution in [0.3, 0.4) is 0 Å². The summed E-state index contributed by atoms with van der Waals surface area (Å²) < 4.78 is 5.53. The minimum atomic E-state index is -0.318. The summed E-state index contributed by atoms with van der Waals surface area (Å²) in [6, 6.07) is 17.8. The summed E-state index contributed by atoms with van der Waals surface area (Å²) in [5.41, 5.74) is 4.47. The van der Waals surface area contributed by atoms with Gasteiger partial charge in [-0.1, -0.05) is 48.5 Å². The summed E-state index contributed by atoms with van der Waals surface area (Å²) in [4.78, 5) is 15.9. The van der Waals surface area contributed by atoms with Crippen molar-refractivity contribution < 1.29 is 14.4 Å². The molecule has 4 nitrogen and oxygen atoms in total. The summed E-state index contributed by atoms with van der Waals surface area (Å²) in [5, 5.41) is 0. The van der Waals surface area contributed by atoms with Crippen LogP contribution in [0.15, 0.2) is 54.6 Å². The standard InChI is InChI=1S/C16H17NO3/c1-19-17-16(18)12-20-15-10-6-5-9-14(15)11-13-7-3-2-4-8-13/h2-10H,11-12H2,1H3,(H,17,18). The summed E-state index contributed by atoms with van der Waals surface area (Å²) >= 11 is 0. The second-order valence-corrected chi connectivity index (χ2v) is 4.29. The summed E-state index contributed by atoms with van der Waals surface area (Å²) in [6.45, 7) is -0.0698. The van der Waals surface area contributed by atoms with E-state index in [9.17, 15) is 4.79 Å². The van der Waals surface area contributed by atoms with Gasteiger partial charge in [0.25, 0.3) is 5.91 Å². The Kier molecular flexibility index (Phi) is 5.15. The Morgan fingerprint density at radius 1 is 1.05 bits per heavy atom. The zero-order valence-corrected chi connectivity index (χ0v) is 11.3. The molecule has 0 fully saturated rings. The highest BCUT2D eigenvalue weighted by Crippen LogP contribution is 2.21. The first-order valence-corrected chi connectivity index (χ1v) is 6.36. The molecule has 0 heterocycles. The smallest absolute Gasteiger partial charge is 0.281 e. The van der Waals surface area contributed by atoms with Crippen LogP contribution >= 0.6 is 0 Å². The molecule has 4 heteroatoms. The van der Waals surface area contributed by atoms with Crippen molar-refractivity contribution in [1.82, 2.24) is 5.48 Å². The molecular weight excluding hydrogens is 254 g/mol. The van der Waals surface area contributed by atoms with Crippen molar-refractivity contribution in [2.45, 2.75) is 6.42 Å². The van der Waals surface area contributed by atoms with Gasteiger partial charge in [-0.25, -0.2) is 5.48 Å². The van der Waals surface area contributed by atoms with E-state index in [1.165, 1.54) is 12.7 Å². The molecule has 0 saturated heterocycles. The summed E-state index contributed by atoms with van der Waals surface area (Å²) in [6.07, 6.45) is 0.767. The quantitative estimate of drug-likeness (QED) is 0.820. The van der Waals surface area contributed by atoms with Crippen molar-refractivity contribution in [2.75, 3.05) is 13.7 Å². The minimum absolute atomic E-state index is 0.0698. The maximum atomic E-state index is 11.3. The Morgan fingerprint density at radius 3 is 2.50 bits per heavy atom. The fourth-order valence-electron chi connectivity index (χ4n) is 1.89. The molecule has 0 aliphatic carbocycles. The first kappa shape index (κ1) is 14.1. The molecule has 2 rings (SSSR count). The van der Waals surface area contributed by atoms with Crippen LogP contribution in [0, 0.1) is 0 Å². The van der Waals surface area contributed by atoms with Crippen molar-refractivity contribution in [3.63, 3.8) is 0 Å². The first-order chi connectivity index (χ1) is 9.79. The molecule has 20 heavy (non-hydrogen) atoms. The van der Waals surface area contributed by atoms with Gasteiger partial charge in [-0.3, -0.25) is 9.63 Å². The van der Waals surface area contributed by atoms with Gasteiger partial charge in [0.1, 0.15) is 5.75 Å². The Balaban J connectivity index is 2.04. The van der Waals surface area contributed by atoms with Crippen molar-refractivity contribution in [3.8, 4) is 5.75 Å². The third-order valence-corrected chi connectivity index (χ3v) is 2.78. The van der Waals surface area contributed by atoms with Gasteiger partial charge in [-0.05, 0) is 17.2 Å². The zero-order valence-electron chi connectivity index (χ0n) is 11.3. The van der Waals surface area contributed by atoms with E-state index in [4.69, 9.17) is 4.74 Å². The second-order valence-electron chi connectivity index (χ2n) is 4.29. The number of carbonyl (C=O) groups excluding carboxylic acids is 1. The lowest BCUT2D eigenvalue weighted by Crippen LogP contribution is -2.27. The molecule has 1 amide bonds. The van der Waals surface area contributed by atoms with E-state index in [0.29, 0.717) is 5.75 Å². The average Bonchev–Trinajstić information content (AvgIpc) is 2.48. The first-order valence-electron chi connectivity index (χ1n) is 6.36. The molecule has 0 saturated carbocycles. The second kappa shape index (κ2) is 7.31. The monoisotopic (exact) mass is 271 g/mol. The molecule has 0 atom stereocenters. The molecule has 0 aliphatic heterocycles. The minimum Gasteiger partial charge on any atom is -0.483 e. The number of para-hydroxylation sites is 1. The van der Waals surface area contributed by atoms with Gasteiger partial charge in [0.2, 0.25) is 0 Å². The number of hydroxylamine groups is 1. The number of amides is 1. The largest absolute Gasteiger partial charge is 0.483 e. The molecule has 0 aliphatic rings. The predicted molar refractivity (Wildman–Crippen MR) is 76.3 cm³/mol. The Morgan fingerprint density at radius 2 is 1.75 bits per heavy atom. The van der Waals surface area contributed by atoms with Crippen LogP contribution in [0.1, 0.15) is 11.1 Å². The number of rotatable bonds is 6. The van der Waals surface area contributed by atoms with Gasteiger partial charge in [0.05, 0.1) is 7.11 Å². The van der Waals surface area contributed by atoms with E-state index in [1.54, 1.807) is 0 Å². The van der Waals surface area contributed by atoms with Crippen LogP contribution in [-0.2, 0) is 16.1 Å². The highest BCUT2D eigenvalue weighted by molar-refractivity contribution is 5.76. The molecule has 0 radical (unpaired) electrons. The number of hydrogen-bond acceptors (Lipinski definition) is 3. The number of hydrogen-bond donors (Lipinski definition) is 1. The normalized spacial score (nSPS) is 10.1. The molecule has 0 spiro atoms. The lowest BCUT2D eigenvalue weighted by molar-refractivity contribution is -0.133. The molecule has 1 N–H and O–H groups in total. The van der Waals surface area contributed by atoms with Crippen LogP contribution in [0.4, 0.5) is 0 Å². The van der Waals surface area contributed by atoms with Crippen LogP contribution in [0.25, 0.3) is 0 Å². The molecule has 2 aromatic carbocycles. The lowest BCUT2D eigenvalue weighted by Gasteiger charge is -2.11. The highest BCUT2D eigenvalue weighted by atomic mass is 16.6. The SMILES string of the molecule is CONC(=O)COc1ccccc1Cc1ccccc1.